The Morgan fingerprint density at radius 1 is 0.848 bits per heavy atom. The smallest absolute Gasteiger partial charge is 0.273 e. The Labute approximate surface area is 197 Å². The zero-order valence-corrected chi connectivity index (χ0v) is 18.3. The van der Waals surface area contributed by atoms with Crippen LogP contribution in [0.2, 0.25) is 10.0 Å². The van der Waals surface area contributed by atoms with E-state index in [4.69, 9.17) is 28.2 Å². The number of fused-ring (bicyclic) bond motifs is 1. The highest BCUT2D eigenvalue weighted by Crippen LogP contribution is 2.37. The quantitative estimate of drug-likeness (QED) is 0.245. The average molecular weight is 477 g/mol. The SMILES string of the molecule is O=c1cc(-c2ccc([N+](=O)[O-])cc2)nc2c(-c3ccc(Cl)c(Cl)c3)c(-c3ccccc3)[nH]n12. The third-order valence-corrected chi connectivity index (χ3v) is 6.00. The van der Waals surface area contributed by atoms with E-state index in [0.29, 0.717) is 38.2 Å². The van der Waals surface area contributed by atoms with Crippen LogP contribution in [-0.4, -0.2) is 19.5 Å². The number of benzene rings is 3. The van der Waals surface area contributed by atoms with Crippen molar-refractivity contribution in [2.75, 3.05) is 0 Å². The molecular weight excluding hydrogens is 463 g/mol. The molecule has 7 nitrogen and oxygen atoms in total. The second-order valence-electron chi connectivity index (χ2n) is 7.30. The molecule has 0 saturated carbocycles. The van der Waals surface area contributed by atoms with E-state index >= 15 is 0 Å². The van der Waals surface area contributed by atoms with Gasteiger partial charge in [0.25, 0.3) is 11.2 Å². The highest BCUT2D eigenvalue weighted by Gasteiger charge is 2.20. The first kappa shape index (κ1) is 20.9. The second-order valence-corrected chi connectivity index (χ2v) is 8.11. The Bertz CT molecular complexity index is 1580. The Morgan fingerprint density at radius 2 is 1.55 bits per heavy atom. The van der Waals surface area contributed by atoms with Crippen LogP contribution in [0.4, 0.5) is 5.69 Å². The van der Waals surface area contributed by atoms with Crippen LogP contribution >= 0.6 is 23.2 Å². The molecule has 0 spiro atoms. The Balaban J connectivity index is 1.79. The second kappa shape index (κ2) is 8.20. The summed E-state index contributed by atoms with van der Waals surface area (Å²) in [5, 5.41) is 14.9. The van der Waals surface area contributed by atoms with E-state index in [1.165, 1.54) is 22.7 Å². The van der Waals surface area contributed by atoms with Crippen LogP contribution in [0.25, 0.3) is 39.3 Å². The van der Waals surface area contributed by atoms with Crippen molar-refractivity contribution < 1.29 is 4.92 Å². The summed E-state index contributed by atoms with van der Waals surface area (Å²) in [7, 11) is 0. The first-order valence-corrected chi connectivity index (χ1v) is 10.6. The zero-order chi connectivity index (χ0) is 23.1. The number of nitrogens with zero attached hydrogens (tertiary/aromatic N) is 3. The molecule has 5 rings (SSSR count). The molecule has 0 atom stereocenters. The van der Waals surface area contributed by atoms with Crippen molar-refractivity contribution in [2.45, 2.75) is 0 Å². The molecule has 3 aromatic carbocycles. The molecule has 0 saturated heterocycles. The van der Waals surface area contributed by atoms with E-state index in [0.717, 1.165) is 11.1 Å². The number of nitro groups is 1. The lowest BCUT2D eigenvalue weighted by molar-refractivity contribution is -0.384. The third-order valence-electron chi connectivity index (χ3n) is 5.26. The number of H-pyrrole nitrogens is 1. The summed E-state index contributed by atoms with van der Waals surface area (Å²) in [6.07, 6.45) is 0. The molecule has 2 aromatic heterocycles. The molecule has 0 radical (unpaired) electrons. The van der Waals surface area contributed by atoms with Crippen molar-refractivity contribution in [3.05, 3.63) is 109 Å². The van der Waals surface area contributed by atoms with Gasteiger partial charge in [0.1, 0.15) is 0 Å². The number of hydrogen-bond donors (Lipinski definition) is 1. The van der Waals surface area contributed by atoms with Gasteiger partial charge in [-0.2, -0.15) is 0 Å². The summed E-state index contributed by atoms with van der Waals surface area (Å²) in [6, 6.07) is 22.1. The van der Waals surface area contributed by atoms with E-state index < -0.39 is 4.92 Å². The molecule has 0 unspecified atom stereocenters. The molecular formula is C24H14Cl2N4O3. The van der Waals surface area contributed by atoms with Crippen LogP contribution in [-0.2, 0) is 0 Å². The fourth-order valence-electron chi connectivity index (χ4n) is 3.68. The Hall–Kier alpha value is -3.94. The lowest BCUT2D eigenvalue weighted by Gasteiger charge is -2.06. The Morgan fingerprint density at radius 3 is 2.21 bits per heavy atom. The summed E-state index contributed by atoms with van der Waals surface area (Å²) in [5.74, 6) is 0. The lowest BCUT2D eigenvalue weighted by atomic mass is 10.0. The Kier molecular flexibility index (Phi) is 5.20. The molecule has 0 amide bonds. The highest BCUT2D eigenvalue weighted by atomic mass is 35.5. The van der Waals surface area contributed by atoms with Crippen molar-refractivity contribution in [1.29, 1.82) is 0 Å². The first-order valence-electron chi connectivity index (χ1n) is 9.84. The molecule has 0 aliphatic carbocycles. The number of halogens is 2. The molecule has 0 bridgehead atoms. The molecule has 33 heavy (non-hydrogen) atoms. The van der Waals surface area contributed by atoms with Crippen molar-refractivity contribution >= 4 is 34.5 Å². The molecule has 162 valence electrons. The van der Waals surface area contributed by atoms with Crippen LogP contribution in [0.15, 0.2) is 83.7 Å². The number of hydrogen-bond acceptors (Lipinski definition) is 4. The van der Waals surface area contributed by atoms with Gasteiger partial charge in [-0.25, -0.2) is 9.50 Å². The van der Waals surface area contributed by atoms with Gasteiger partial charge in [-0.1, -0.05) is 59.6 Å². The van der Waals surface area contributed by atoms with Crippen LogP contribution in [0.3, 0.4) is 0 Å². The maximum absolute atomic E-state index is 13.0. The number of nitro benzene ring substituents is 1. The van der Waals surface area contributed by atoms with E-state index in [1.54, 1.807) is 24.3 Å². The molecule has 0 fully saturated rings. The number of aromatic nitrogens is 3. The number of nitrogens with one attached hydrogen (secondary N) is 1. The van der Waals surface area contributed by atoms with Crippen molar-refractivity contribution in [1.82, 2.24) is 14.6 Å². The number of rotatable bonds is 4. The molecule has 1 N–H and O–H groups in total. The number of non-ortho nitro benzene ring substituents is 1. The average Bonchev–Trinajstić information content (AvgIpc) is 3.22. The summed E-state index contributed by atoms with van der Waals surface area (Å²) in [6.45, 7) is 0. The van der Waals surface area contributed by atoms with Crippen LogP contribution in [0, 0.1) is 10.1 Å². The maximum atomic E-state index is 13.0. The maximum Gasteiger partial charge on any atom is 0.273 e. The van der Waals surface area contributed by atoms with Gasteiger partial charge in [-0.3, -0.25) is 20.0 Å². The largest absolute Gasteiger partial charge is 0.288 e. The minimum atomic E-state index is -0.476. The highest BCUT2D eigenvalue weighted by molar-refractivity contribution is 6.42. The molecule has 0 aliphatic rings. The van der Waals surface area contributed by atoms with Gasteiger partial charge in [0.2, 0.25) is 0 Å². The van der Waals surface area contributed by atoms with Gasteiger partial charge in [-0.05, 0) is 29.8 Å². The van der Waals surface area contributed by atoms with Gasteiger partial charge in [-0.15, -0.1) is 0 Å². The van der Waals surface area contributed by atoms with E-state index in [1.807, 2.05) is 36.4 Å². The fraction of sp³-hybridized carbons (Fsp3) is 0. The van der Waals surface area contributed by atoms with Crippen LogP contribution < -0.4 is 5.56 Å². The predicted octanol–water partition coefficient (Wildman–Crippen LogP) is 6.24. The zero-order valence-electron chi connectivity index (χ0n) is 16.8. The minimum Gasteiger partial charge on any atom is -0.288 e. The topological polar surface area (TPSA) is 93.3 Å². The monoisotopic (exact) mass is 476 g/mol. The van der Waals surface area contributed by atoms with Crippen molar-refractivity contribution in [3.63, 3.8) is 0 Å². The van der Waals surface area contributed by atoms with Crippen molar-refractivity contribution in [3.8, 4) is 33.6 Å². The summed E-state index contributed by atoms with van der Waals surface area (Å²) in [4.78, 5) is 28.3. The van der Waals surface area contributed by atoms with Crippen LogP contribution in [0.1, 0.15) is 0 Å². The summed E-state index contributed by atoms with van der Waals surface area (Å²) < 4.78 is 1.37. The van der Waals surface area contributed by atoms with Gasteiger partial charge < -0.3 is 0 Å². The first-order chi connectivity index (χ1) is 15.9. The fourth-order valence-corrected chi connectivity index (χ4v) is 3.98. The predicted molar refractivity (Wildman–Crippen MR) is 129 cm³/mol. The molecule has 2 heterocycles. The van der Waals surface area contributed by atoms with Gasteiger partial charge in [0.15, 0.2) is 5.65 Å². The third kappa shape index (κ3) is 3.77. The van der Waals surface area contributed by atoms with E-state index in [-0.39, 0.29) is 11.2 Å². The van der Waals surface area contributed by atoms with Gasteiger partial charge in [0.05, 0.1) is 31.9 Å². The van der Waals surface area contributed by atoms with E-state index in [9.17, 15) is 14.9 Å². The van der Waals surface area contributed by atoms with E-state index in [2.05, 4.69) is 5.10 Å². The van der Waals surface area contributed by atoms with Crippen molar-refractivity contribution in [2.24, 2.45) is 0 Å². The minimum absolute atomic E-state index is 0.0407. The van der Waals surface area contributed by atoms with Gasteiger partial charge >= 0.3 is 0 Å². The van der Waals surface area contributed by atoms with Gasteiger partial charge in [0, 0.05) is 29.3 Å². The molecule has 5 aromatic rings. The lowest BCUT2D eigenvalue weighted by Crippen LogP contribution is -2.14. The molecule has 9 heteroatoms. The molecule has 0 aliphatic heterocycles. The number of aromatic amines is 1. The normalized spacial score (nSPS) is 11.1. The standard InChI is InChI=1S/C24H14Cl2N4O3/c25-18-11-8-16(12-19(18)26)22-23(15-4-2-1-3-5-15)28-29-21(31)13-20(27-24(22)29)14-6-9-17(10-7-14)30(32)33/h1-13,28H. The van der Waals surface area contributed by atoms with Crippen LogP contribution in [0.5, 0.6) is 0 Å². The summed E-state index contributed by atoms with van der Waals surface area (Å²) >= 11 is 12.4. The summed E-state index contributed by atoms with van der Waals surface area (Å²) in [5.41, 5.74) is 3.98.